The van der Waals surface area contributed by atoms with E-state index in [9.17, 15) is 5.11 Å². The van der Waals surface area contributed by atoms with Crippen LogP contribution in [-0.2, 0) is 4.74 Å². The molecule has 1 unspecified atom stereocenters. The molecule has 3 nitrogen and oxygen atoms in total. The van der Waals surface area contributed by atoms with Crippen molar-refractivity contribution in [1.82, 2.24) is 0 Å². The van der Waals surface area contributed by atoms with Gasteiger partial charge in [0.1, 0.15) is 13.4 Å². The third kappa shape index (κ3) is 1.77. The predicted molar refractivity (Wildman–Crippen MR) is 57.4 cm³/mol. The van der Waals surface area contributed by atoms with Gasteiger partial charge in [-0.15, -0.1) is 0 Å². The Kier molecular flexibility index (Phi) is 3.42. The van der Waals surface area contributed by atoms with Gasteiger partial charge in [-0.25, -0.2) is 0 Å². The second-order valence-electron chi connectivity index (χ2n) is 3.08. The maximum Gasteiger partial charge on any atom is 0.139 e. The number of alkyl halides is 1. The first kappa shape index (κ1) is 10.3. The summed E-state index contributed by atoms with van der Waals surface area (Å²) in [5.74, 6) is 0. The summed E-state index contributed by atoms with van der Waals surface area (Å²) in [4.78, 5) is 0. The second-order valence-corrected chi connectivity index (χ2v) is 3.85. The summed E-state index contributed by atoms with van der Waals surface area (Å²) in [7, 11) is 1.92. The Morgan fingerprint density at radius 1 is 1.75 bits per heavy atom. The SMILES string of the molecule is B[C@H]1CC(O)[C@@](/C=C\O)(CI)O1. The molecular weight excluding hydrogens is 270 g/mol. The fourth-order valence-electron chi connectivity index (χ4n) is 1.46. The zero-order valence-electron chi connectivity index (χ0n) is 6.90. The quantitative estimate of drug-likeness (QED) is 0.324. The molecule has 0 aromatic carbocycles. The Labute approximate surface area is 86.3 Å². The van der Waals surface area contributed by atoms with Crippen LogP contribution in [0.5, 0.6) is 0 Å². The number of hydrogen-bond donors (Lipinski definition) is 2. The van der Waals surface area contributed by atoms with E-state index in [0.717, 1.165) is 6.26 Å². The molecule has 1 heterocycles. The van der Waals surface area contributed by atoms with Crippen LogP contribution in [0.15, 0.2) is 12.3 Å². The topological polar surface area (TPSA) is 49.7 Å². The summed E-state index contributed by atoms with van der Waals surface area (Å²) >= 11 is 2.14. The Morgan fingerprint density at radius 2 is 2.42 bits per heavy atom. The summed E-state index contributed by atoms with van der Waals surface area (Å²) in [5, 5.41) is 18.3. The van der Waals surface area contributed by atoms with Crippen molar-refractivity contribution in [3.05, 3.63) is 12.3 Å². The summed E-state index contributed by atoms with van der Waals surface area (Å²) < 4.78 is 6.19. The fourth-order valence-corrected chi connectivity index (χ4v) is 2.40. The predicted octanol–water partition coefficient (Wildman–Crippen LogP) is -0.0277. The summed E-state index contributed by atoms with van der Waals surface area (Å²) in [6.45, 7) is 0. The van der Waals surface area contributed by atoms with Gasteiger partial charge >= 0.3 is 0 Å². The minimum atomic E-state index is -0.672. The molecule has 0 saturated carbocycles. The molecular formula is C7H12BIO3. The van der Waals surface area contributed by atoms with Gasteiger partial charge in [-0.2, -0.15) is 0 Å². The number of aliphatic hydroxyl groups excluding tert-OH is 2. The Hall–Kier alpha value is 0.255. The lowest BCUT2D eigenvalue weighted by atomic mass is 9.93. The average Bonchev–Trinajstić information content (AvgIpc) is 2.28. The highest BCUT2D eigenvalue weighted by Crippen LogP contribution is 2.32. The second kappa shape index (κ2) is 3.98. The van der Waals surface area contributed by atoms with Gasteiger partial charge in [0, 0.05) is 10.4 Å². The van der Waals surface area contributed by atoms with Crippen LogP contribution in [0, 0.1) is 0 Å². The van der Waals surface area contributed by atoms with Crippen LogP contribution < -0.4 is 0 Å². The van der Waals surface area contributed by atoms with Gasteiger partial charge in [-0.05, 0) is 12.5 Å². The van der Waals surface area contributed by atoms with Crippen LogP contribution in [0.25, 0.3) is 0 Å². The van der Waals surface area contributed by atoms with E-state index in [-0.39, 0.29) is 6.00 Å². The van der Waals surface area contributed by atoms with E-state index < -0.39 is 11.7 Å². The number of ether oxygens (including phenoxy) is 1. The summed E-state index contributed by atoms with van der Waals surface area (Å²) in [5.41, 5.74) is -0.672. The van der Waals surface area contributed by atoms with Crippen molar-refractivity contribution < 1.29 is 14.9 Å². The first-order valence-electron chi connectivity index (χ1n) is 3.88. The third-order valence-corrected chi connectivity index (χ3v) is 3.30. The standard InChI is InChI=1S/C7H12BIO3/c8-6-3-5(11)7(4-9,12-6)1-2-10/h1-2,5-6,10-11H,3-4,8H2/b2-1-/t5?,6-,7-/m1/s1. The van der Waals surface area contributed by atoms with Crippen molar-refractivity contribution in [2.24, 2.45) is 0 Å². The lowest BCUT2D eigenvalue weighted by Gasteiger charge is -2.25. The summed E-state index contributed by atoms with van der Waals surface area (Å²) in [6.07, 6.45) is 2.59. The highest BCUT2D eigenvalue weighted by molar-refractivity contribution is 14.1. The van der Waals surface area contributed by atoms with Crippen LogP contribution >= 0.6 is 22.6 Å². The number of hydrogen-bond acceptors (Lipinski definition) is 3. The molecule has 0 bridgehead atoms. The van der Waals surface area contributed by atoms with Gasteiger partial charge in [0.2, 0.25) is 0 Å². The molecule has 1 saturated heterocycles. The molecule has 1 aliphatic rings. The summed E-state index contributed by atoms with van der Waals surface area (Å²) in [6, 6.07) is 0.0611. The Bertz CT molecular complexity index is 187. The molecule has 0 spiro atoms. The number of rotatable bonds is 2. The molecule has 2 N–H and O–H groups in total. The average molecular weight is 282 g/mol. The smallest absolute Gasteiger partial charge is 0.139 e. The molecule has 68 valence electrons. The van der Waals surface area contributed by atoms with E-state index >= 15 is 0 Å². The zero-order valence-corrected chi connectivity index (χ0v) is 9.06. The molecule has 0 radical (unpaired) electrons. The van der Waals surface area contributed by atoms with E-state index in [2.05, 4.69) is 22.6 Å². The van der Waals surface area contributed by atoms with Crippen molar-refractivity contribution >= 4 is 30.4 Å². The number of aliphatic hydroxyl groups is 2. The van der Waals surface area contributed by atoms with Crippen molar-refractivity contribution in [3.63, 3.8) is 0 Å². The minimum absolute atomic E-state index is 0.0611. The monoisotopic (exact) mass is 282 g/mol. The Balaban J connectivity index is 2.78. The first-order chi connectivity index (χ1) is 5.64. The van der Waals surface area contributed by atoms with E-state index in [1.807, 2.05) is 7.85 Å². The van der Waals surface area contributed by atoms with Gasteiger partial charge in [0.15, 0.2) is 0 Å². The maximum atomic E-state index is 9.65. The molecule has 0 aromatic heterocycles. The minimum Gasteiger partial charge on any atom is -0.516 e. The largest absolute Gasteiger partial charge is 0.516 e. The molecule has 3 atom stereocenters. The molecule has 1 aliphatic heterocycles. The highest BCUT2D eigenvalue weighted by atomic mass is 127. The van der Waals surface area contributed by atoms with Crippen molar-refractivity contribution in [1.29, 1.82) is 0 Å². The first-order valence-corrected chi connectivity index (χ1v) is 5.41. The van der Waals surface area contributed by atoms with E-state index in [0.29, 0.717) is 10.8 Å². The number of halogens is 1. The van der Waals surface area contributed by atoms with Crippen molar-refractivity contribution in [2.75, 3.05) is 4.43 Å². The van der Waals surface area contributed by atoms with Gasteiger partial charge in [-0.1, -0.05) is 22.6 Å². The fraction of sp³-hybridized carbons (Fsp3) is 0.714. The van der Waals surface area contributed by atoms with Gasteiger partial charge in [0.05, 0.1) is 12.4 Å². The molecule has 0 amide bonds. The van der Waals surface area contributed by atoms with Crippen molar-refractivity contribution in [3.8, 4) is 0 Å². The molecule has 0 aromatic rings. The van der Waals surface area contributed by atoms with Gasteiger partial charge < -0.3 is 14.9 Å². The van der Waals surface area contributed by atoms with Crippen LogP contribution in [0.3, 0.4) is 0 Å². The normalized spacial score (nSPS) is 42.5. The molecule has 1 fully saturated rings. The maximum absolute atomic E-state index is 9.65. The van der Waals surface area contributed by atoms with E-state index in [1.165, 1.54) is 6.08 Å². The van der Waals surface area contributed by atoms with Gasteiger partial charge in [0.25, 0.3) is 0 Å². The van der Waals surface area contributed by atoms with E-state index in [4.69, 9.17) is 9.84 Å². The molecule has 5 heteroatoms. The lowest BCUT2D eigenvalue weighted by Crippen LogP contribution is -2.39. The third-order valence-electron chi connectivity index (χ3n) is 2.11. The Morgan fingerprint density at radius 3 is 2.75 bits per heavy atom. The molecule has 0 aliphatic carbocycles. The van der Waals surface area contributed by atoms with Crippen LogP contribution in [-0.4, -0.2) is 40.2 Å². The van der Waals surface area contributed by atoms with Gasteiger partial charge in [-0.3, -0.25) is 0 Å². The highest BCUT2D eigenvalue weighted by Gasteiger charge is 2.43. The zero-order chi connectivity index (χ0) is 9.19. The molecule has 1 rings (SSSR count). The molecule has 12 heavy (non-hydrogen) atoms. The van der Waals surface area contributed by atoms with Crippen LogP contribution in [0.1, 0.15) is 6.42 Å². The van der Waals surface area contributed by atoms with Crippen molar-refractivity contribution in [2.45, 2.75) is 24.1 Å². The van der Waals surface area contributed by atoms with Crippen LogP contribution in [0.2, 0.25) is 0 Å². The lowest BCUT2D eigenvalue weighted by molar-refractivity contribution is -0.0105. The van der Waals surface area contributed by atoms with E-state index in [1.54, 1.807) is 0 Å². The van der Waals surface area contributed by atoms with Crippen LogP contribution in [0.4, 0.5) is 0 Å².